The number of hydrogen-bond donors (Lipinski definition) is 0. The molecule has 180 valence electrons. The van der Waals surface area contributed by atoms with Crippen molar-refractivity contribution in [1.82, 2.24) is 9.97 Å². The Bertz CT molecular complexity index is 1510. The second-order valence-electron chi connectivity index (χ2n) is 9.11. The molecule has 6 rings (SSSR count). The van der Waals surface area contributed by atoms with Crippen LogP contribution in [0.15, 0.2) is 158 Å². The van der Waals surface area contributed by atoms with Gasteiger partial charge >= 0.3 is 0 Å². The molecule has 0 aliphatic heterocycles. The summed E-state index contributed by atoms with van der Waals surface area (Å²) in [5.41, 5.74) is 11.8. The predicted molar refractivity (Wildman–Crippen MR) is 157 cm³/mol. The maximum absolute atomic E-state index is 4.16. The van der Waals surface area contributed by atoms with Gasteiger partial charge in [0.1, 0.15) is 0 Å². The third-order valence-electron chi connectivity index (χ3n) is 6.75. The van der Waals surface area contributed by atoms with Crippen molar-refractivity contribution < 1.29 is 0 Å². The summed E-state index contributed by atoms with van der Waals surface area (Å²) in [6, 6.07) is 47.2. The first-order chi connectivity index (χ1) is 18.9. The quantitative estimate of drug-likeness (QED) is 0.220. The minimum absolute atomic E-state index is 1.16. The summed E-state index contributed by atoms with van der Waals surface area (Å²) in [5.74, 6) is 0. The summed E-state index contributed by atoms with van der Waals surface area (Å²) in [4.78, 5) is 8.32. The van der Waals surface area contributed by atoms with Gasteiger partial charge in [-0.3, -0.25) is 9.97 Å². The third-order valence-corrected chi connectivity index (χ3v) is 6.75. The van der Waals surface area contributed by atoms with Crippen LogP contribution in [-0.4, -0.2) is 9.97 Å². The highest BCUT2D eigenvalue weighted by Gasteiger charge is 2.16. The van der Waals surface area contributed by atoms with Gasteiger partial charge in [-0.15, -0.1) is 0 Å². The van der Waals surface area contributed by atoms with E-state index in [0.29, 0.717) is 0 Å². The molecule has 0 spiro atoms. The molecule has 0 unspecified atom stereocenters. The van der Waals surface area contributed by atoms with E-state index in [4.69, 9.17) is 0 Å². The monoisotopic (exact) mass is 486 g/mol. The van der Waals surface area contributed by atoms with E-state index in [0.717, 1.165) is 11.1 Å². The average molecular weight is 487 g/mol. The second-order valence-corrected chi connectivity index (χ2v) is 9.11. The van der Waals surface area contributed by atoms with Crippen molar-refractivity contribution in [3.05, 3.63) is 181 Å². The molecule has 0 aliphatic rings. The zero-order valence-corrected chi connectivity index (χ0v) is 20.9. The summed E-state index contributed by atoms with van der Waals surface area (Å²) in [7, 11) is 0. The average Bonchev–Trinajstić information content (AvgIpc) is 3.02. The fraction of sp³-hybridized carbons (Fsp3) is 0. The summed E-state index contributed by atoms with van der Waals surface area (Å²) < 4.78 is 0. The zero-order valence-electron chi connectivity index (χ0n) is 20.9. The summed E-state index contributed by atoms with van der Waals surface area (Å²) in [6.07, 6.45) is 7.34. The molecule has 0 fully saturated rings. The molecule has 4 aromatic carbocycles. The van der Waals surface area contributed by atoms with Crippen molar-refractivity contribution in [1.29, 1.82) is 0 Å². The number of hydrogen-bond acceptors (Lipinski definition) is 2. The largest absolute Gasteiger partial charge is 0.265 e. The van der Waals surface area contributed by atoms with Crippen molar-refractivity contribution >= 4 is 11.1 Å². The Morgan fingerprint density at radius 3 is 0.921 bits per heavy atom. The summed E-state index contributed by atoms with van der Waals surface area (Å²) in [5, 5.41) is 0. The van der Waals surface area contributed by atoms with Crippen molar-refractivity contribution in [3.8, 4) is 22.3 Å². The molecule has 38 heavy (non-hydrogen) atoms. The standard InChI is InChI=1S/C36H26N2/c1-3-7-31(8-4-1)35(33-15-11-27(12-16-33)29-19-23-37-24-20-29)36(32-9-5-2-6-10-32)34-17-13-28(14-18-34)30-21-25-38-26-22-30/h1-26H/b36-35-. The third kappa shape index (κ3) is 4.93. The highest BCUT2D eigenvalue weighted by atomic mass is 14.6. The zero-order chi connectivity index (χ0) is 25.6. The van der Waals surface area contributed by atoms with Crippen LogP contribution in [0.2, 0.25) is 0 Å². The minimum Gasteiger partial charge on any atom is -0.265 e. The van der Waals surface area contributed by atoms with Crippen LogP contribution in [0, 0.1) is 0 Å². The molecule has 0 aliphatic carbocycles. The van der Waals surface area contributed by atoms with Crippen LogP contribution in [0.3, 0.4) is 0 Å². The lowest BCUT2D eigenvalue weighted by Gasteiger charge is -2.19. The molecule has 6 aromatic rings. The van der Waals surface area contributed by atoms with Gasteiger partial charge in [-0.2, -0.15) is 0 Å². The van der Waals surface area contributed by atoms with E-state index in [1.165, 1.54) is 44.5 Å². The van der Waals surface area contributed by atoms with Crippen LogP contribution in [0.25, 0.3) is 33.4 Å². The normalized spacial score (nSPS) is 11.6. The SMILES string of the molecule is c1ccc(/C(=C(\c2ccccc2)c2ccc(-c3ccncc3)cc2)c2ccc(-c3ccncc3)cc2)cc1. The van der Waals surface area contributed by atoms with Crippen LogP contribution in [0.5, 0.6) is 0 Å². The Hall–Kier alpha value is -5.08. The molecule has 0 atom stereocenters. The second kappa shape index (κ2) is 10.9. The first kappa shape index (κ1) is 23.3. The van der Waals surface area contributed by atoms with Crippen molar-refractivity contribution in [2.75, 3.05) is 0 Å². The molecule has 0 amide bonds. The first-order valence-corrected chi connectivity index (χ1v) is 12.7. The van der Waals surface area contributed by atoms with Crippen LogP contribution < -0.4 is 0 Å². The Morgan fingerprint density at radius 2 is 0.579 bits per heavy atom. The lowest BCUT2D eigenvalue weighted by Crippen LogP contribution is -1.97. The highest BCUT2D eigenvalue weighted by Crippen LogP contribution is 2.38. The van der Waals surface area contributed by atoms with Gasteiger partial charge in [-0.05, 0) is 79.9 Å². The van der Waals surface area contributed by atoms with Crippen molar-refractivity contribution in [2.45, 2.75) is 0 Å². The van der Waals surface area contributed by atoms with E-state index in [1.807, 2.05) is 49.1 Å². The molecule has 0 saturated carbocycles. The van der Waals surface area contributed by atoms with Crippen LogP contribution >= 0.6 is 0 Å². The Labute approximate surface area is 223 Å². The Morgan fingerprint density at radius 1 is 0.289 bits per heavy atom. The van der Waals surface area contributed by atoms with Crippen LogP contribution in [0.4, 0.5) is 0 Å². The molecule has 2 nitrogen and oxygen atoms in total. The maximum Gasteiger partial charge on any atom is 0.0273 e. The van der Waals surface area contributed by atoms with Gasteiger partial charge in [0.15, 0.2) is 0 Å². The fourth-order valence-corrected chi connectivity index (χ4v) is 4.87. The van der Waals surface area contributed by atoms with Crippen molar-refractivity contribution in [3.63, 3.8) is 0 Å². The first-order valence-electron chi connectivity index (χ1n) is 12.7. The summed E-state index contributed by atoms with van der Waals surface area (Å²) >= 11 is 0. The fourth-order valence-electron chi connectivity index (χ4n) is 4.87. The topological polar surface area (TPSA) is 25.8 Å². The van der Waals surface area contributed by atoms with E-state index in [-0.39, 0.29) is 0 Å². The van der Waals surface area contributed by atoms with Gasteiger partial charge in [-0.25, -0.2) is 0 Å². The van der Waals surface area contributed by atoms with E-state index in [9.17, 15) is 0 Å². The van der Waals surface area contributed by atoms with Crippen LogP contribution in [0.1, 0.15) is 22.3 Å². The number of rotatable bonds is 6. The van der Waals surface area contributed by atoms with Gasteiger partial charge in [0.25, 0.3) is 0 Å². The molecule has 2 aromatic heterocycles. The van der Waals surface area contributed by atoms with Crippen molar-refractivity contribution in [2.24, 2.45) is 0 Å². The van der Waals surface area contributed by atoms with E-state index >= 15 is 0 Å². The number of pyridine rings is 2. The van der Waals surface area contributed by atoms with Gasteiger partial charge in [0, 0.05) is 24.8 Å². The van der Waals surface area contributed by atoms with E-state index in [2.05, 4.69) is 119 Å². The van der Waals surface area contributed by atoms with Gasteiger partial charge in [-0.1, -0.05) is 109 Å². The Kier molecular flexibility index (Phi) is 6.69. The lowest BCUT2D eigenvalue weighted by atomic mass is 9.85. The van der Waals surface area contributed by atoms with Gasteiger partial charge in [0.2, 0.25) is 0 Å². The van der Waals surface area contributed by atoms with E-state index < -0.39 is 0 Å². The molecule has 0 radical (unpaired) electrons. The predicted octanol–water partition coefficient (Wildman–Crippen LogP) is 8.82. The summed E-state index contributed by atoms with van der Waals surface area (Å²) in [6.45, 7) is 0. The molecule has 2 heterocycles. The Balaban J connectivity index is 1.55. The molecule has 2 heteroatoms. The van der Waals surface area contributed by atoms with Gasteiger partial charge < -0.3 is 0 Å². The molecule has 0 N–H and O–H groups in total. The molecule has 0 bridgehead atoms. The molecular formula is C36H26N2. The number of nitrogens with zero attached hydrogens (tertiary/aromatic N) is 2. The minimum atomic E-state index is 1.16. The molecular weight excluding hydrogens is 460 g/mol. The van der Waals surface area contributed by atoms with E-state index in [1.54, 1.807) is 0 Å². The maximum atomic E-state index is 4.16. The number of benzene rings is 4. The van der Waals surface area contributed by atoms with Gasteiger partial charge in [0.05, 0.1) is 0 Å². The number of aromatic nitrogens is 2. The van der Waals surface area contributed by atoms with Crippen LogP contribution in [-0.2, 0) is 0 Å². The molecule has 0 saturated heterocycles. The highest BCUT2D eigenvalue weighted by molar-refractivity contribution is 6.04. The smallest absolute Gasteiger partial charge is 0.0273 e. The lowest BCUT2D eigenvalue weighted by molar-refractivity contribution is 1.33.